The molecule has 0 fully saturated rings. The third-order valence-electron chi connectivity index (χ3n) is 3.83. The Bertz CT molecular complexity index is 787. The summed E-state index contributed by atoms with van der Waals surface area (Å²) in [6.07, 6.45) is 0. The highest BCUT2D eigenvalue weighted by Crippen LogP contribution is 2.16. The van der Waals surface area contributed by atoms with Gasteiger partial charge in [-0.1, -0.05) is 11.6 Å². The van der Waals surface area contributed by atoms with Gasteiger partial charge in [-0.15, -0.1) is 11.8 Å². The van der Waals surface area contributed by atoms with E-state index in [1.54, 1.807) is 43.1 Å². The Morgan fingerprint density at radius 1 is 1.18 bits per heavy atom. The minimum absolute atomic E-state index is 0.0840. The van der Waals surface area contributed by atoms with E-state index in [9.17, 15) is 14.0 Å². The maximum atomic E-state index is 12.9. The van der Waals surface area contributed by atoms with Gasteiger partial charge in [0.05, 0.1) is 17.5 Å². The van der Waals surface area contributed by atoms with Crippen molar-refractivity contribution in [1.82, 2.24) is 4.90 Å². The van der Waals surface area contributed by atoms with Gasteiger partial charge in [0.25, 0.3) is 0 Å². The molecule has 1 unspecified atom stereocenters. The summed E-state index contributed by atoms with van der Waals surface area (Å²) in [4.78, 5) is 25.9. The van der Waals surface area contributed by atoms with Crippen LogP contribution in [0.15, 0.2) is 48.5 Å². The highest BCUT2D eigenvalue weighted by Gasteiger charge is 2.19. The second kappa shape index (κ2) is 10.9. The second-order valence-electron chi connectivity index (χ2n) is 6.07. The minimum Gasteiger partial charge on any atom is -0.492 e. The lowest BCUT2D eigenvalue weighted by Gasteiger charge is -2.21. The molecule has 0 saturated carbocycles. The number of benzene rings is 2. The fourth-order valence-electron chi connectivity index (χ4n) is 2.25. The Hall–Kier alpha value is -2.25. The number of halogens is 2. The summed E-state index contributed by atoms with van der Waals surface area (Å²) in [5.41, 5.74) is 0.516. The largest absolute Gasteiger partial charge is 0.492 e. The topological polar surface area (TPSA) is 58.6 Å². The zero-order valence-electron chi connectivity index (χ0n) is 15.7. The van der Waals surface area contributed by atoms with Gasteiger partial charge in [-0.2, -0.15) is 0 Å². The Morgan fingerprint density at radius 3 is 2.46 bits per heavy atom. The van der Waals surface area contributed by atoms with Gasteiger partial charge in [0, 0.05) is 17.8 Å². The first-order chi connectivity index (χ1) is 13.3. The van der Waals surface area contributed by atoms with Crippen molar-refractivity contribution in [3.05, 3.63) is 59.4 Å². The Morgan fingerprint density at radius 2 is 1.82 bits per heavy atom. The predicted octanol–water partition coefficient (Wildman–Crippen LogP) is 4.08. The Labute approximate surface area is 173 Å². The standard InChI is InChI=1S/C20H22ClFN2O3S/c1-14(28-13-19(25)23-17-7-5-16(22)6-8-17)20(26)24(2)11-12-27-18-9-3-15(21)4-10-18/h3-10,14H,11-13H2,1-2H3,(H,23,25). The molecule has 1 atom stereocenters. The maximum absolute atomic E-state index is 12.9. The van der Waals surface area contributed by atoms with Crippen molar-refractivity contribution < 1.29 is 18.7 Å². The van der Waals surface area contributed by atoms with Crippen LogP contribution in [0, 0.1) is 5.82 Å². The number of amides is 2. The van der Waals surface area contributed by atoms with Gasteiger partial charge in [-0.05, 0) is 55.5 Å². The van der Waals surface area contributed by atoms with Crippen LogP contribution in [0.2, 0.25) is 5.02 Å². The summed E-state index contributed by atoms with van der Waals surface area (Å²) < 4.78 is 18.5. The fraction of sp³-hybridized carbons (Fsp3) is 0.300. The maximum Gasteiger partial charge on any atom is 0.235 e. The molecular weight excluding hydrogens is 403 g/mol. The molecule has 5 nitrogen and oxygen atoms in total. The Kier molecular flexibility index (Phi) is 8.60. The molecule has 0 radical (unpaired) electrons. The van der Waals surface area contributed by atoms with E-state index in [4.69, 9.17) is 16.3 Å². The van der Waals surface area contributed by atoms with Crippen LogP contribution in [0.3, 0.4) is 0 Å². The molecule has 8 heteroatoms. The lowest BCUT2D eigenvalue weighted by molar-refractivity contribution is -0.129. The Balaban J connectivity index is 1.69. The highest BCUT2D eigenvalue weighted by atomic mass is 35.5. The molecule has 0 aliphatic carbocycles. The summed E-state index contributed by atoms with van der Waals surface area (Å²) in [5, 5.41) is 2.93. The second-order valence-corrected chi connectivity index (χ2v) is 7.84. The van der Waals surface area contributed by atoms with Crippen LogP contribution in [0.25, 0.3) is 0 Å². The molecule has 0 heterocycles. The van der Waals surface area contributed by atoms with Crippen LogP contribution in [0.1, 0.15) is 6.92 Å². The number of nitrogens with one attached hydrogen (secondary N) is 1. The number of anilines is 1. The van der Waals surface area contributed by atoms with Crippen molar-refractivity contribution in [1.29, 1.82) is 0 Å². The van der Waals surface area contributed by atoms with Crippen molar-refractivity contribution >= 4 is 40.9 Å². The predicted molar refractivity (Wildman–Crippen MR) is 112 cm³/mol. The molecule has 0 aromatic heterocycles. The monoisotopic (exact) mass is 424 g/mol. The average molecular weight is 425 g/mol. The molecule has 2 amide bonds. The zero-order valence-corrected chi connectivity index (χ0v) is 17.2. The van der Waals surface area contributed by atoms with Crippen LogP contribution in [-0.2, 0) is 9.59 Å². The lowest BCUT2D eigenvalue weighted by Crippen LogP contribution is -2.36. The number of carbonyl (C=O) groups excluding carboxylic acids is 2. The van der Waals surface area contributed by atoms with Gasteiger partial charge in [0.2, 0.25) is 11.8 Å². The average Bonchev–Trinajstić information content (AvgIpc) is 2.68. The van der Waals surface area contributed by atoms with Crippen LogP contribution in [-0.4, -0.2) is 47.9 Å². The first-order valence-corrected chi connectivity index (χ1v) is 10.1. The SMILES string of the molecule is CC(SCC(=O)Nc1ccc(F)cc1)C(=O)N(C)CCOc1ccc(Cl)cc1. The van der Waals surface area contributed by atoms with E-state index < -0.39 is 0 Å². The smallest absolute Gasteiger partial charge is 0.235 e. The molecule has 28 heavy (non-hydrogen) atoms. The van der Waals surface area contributed by atoms with E-state index in [1.807, 2.05) is 0 Å². The molecule has 0 aliphatic rings. The van der Waals surface area contributed by atoms with Crippen molar-refractivity contribution in [2.45, 2.75) is 12.2 Å². The van der Waals surface area contributed by atoms with Crippen LogP contribution < -0.4 is 10.1 Å². The quantitative estimate of drug-likeness (QED) is 0.659. The van der Waals surface area contributed by atoms with Gasteiger partial charge in [-0.3, -0.25) is 9.59 Å². The van der Waals surface area contributed by atoms with E-state index in [0.717, 1.165) is 0 Å². The minimum atomic E-state index is -0.375. The number of rotatable bonds is 9. The van der Waals surface area contributed by atoms with Crippen LogP contribution >= 0.6 is 23.4 Å². The molecule has 0 aliphatic heterocycles. The van der Waals surface area contributed by atoms with Crippen molar-refractivity contribution in [3.8, 4) is 5.75 Å². The molecular formula is C20H22ClFN2O3S. The van der Waals surface area contributed by atoms with Crippen molar-refractivity contribution in [3.63, 3.8) is 0 Å². The van der Waals surface area contributed by atoms with Crippen molar-refractivity contribution in [2.75, 3.05) is 31.3 Å². The summed E-state index contributed by atoms with van der Waals surface area (Å²) in [7, 11) is 1.70. The first-order valence-electron chi connectivity index (χ1n) is 8.65. The number of carbonyl (C=O) groups is 2. The normalized spacial score (nSPS) is 11.6. The number of hydrogen-bond acceptors (Lipinski definition) is 4. The third-order valence-corrected chi connectivity index (χ3v) is 5.21. The summed E-state index contributed by atoms with van der Waals surface area (Å²) in [5.74, 6) is 0.114. The number of likely N-dealkylation sites (N-methyl/N-ethyl adjacent to an activating group) is 1. The number of hydrogen-bond donors (Lipinski definition) is 1. The van der Waals surface area contributed by atoms with Crippen LogP contribution in [0.5, 0.6) is 5.75 Å². The van der Waals surface area contributed by atoms with E-state index >= 15 is 0 Å². The zero-order chi connectivity index (χ0) is 20.5. The highest BCUT2D eigenvalue weighted by molar-refractivity contribution is 8.01. The van der Waals surface area contributed by atoms with Gasteiger partial charge >= 0.3 is 0 Å². The van der Waals surface area contributed by atoms with E-state index in [2.05, 4.69) is 5.32 Å². The molecule has 2 rings (SSSR count). The van der Waals surface area contributed by atoms with Gasteiger partial charge < -0.3 is 15.0 Å². The third kappa shape index (κ3) is 7.40. The van der Waals surface area contributed by atoms with Gasteiger partial charge in [0.15, 0.2) is 0 Å². The summed E-state index contributed by atoms with van der Waals surface area (Å²) in [6, 6.07) is 12.5. The number of nitrogens with zero attached hydrogens (tertiary/aromatic N) is 1. The summed E-state index contributed by atoms with van der Waals surface area (Å²) >= 11 is 7.06. The van der Waals surface area contributed by atoms with E-state index in [-0.39, 0.29) is 28.6 Å². The summed E-state index contributed by atoms with van der Waals surface area (Å²) in [6.45, 7) is 2.54. The van der Waals surface area contributed by atoms with Crippen molar-refractivity contribution in [2.24, 2.45) is 0 Å². The number of ether oxygens (including phenoxy) is 1. The fourth-order valence-corrected chi connectivity index (χ4v) is 3.18. The van der Waals surface area contributed by atoms with Gasteiger partial charge in [-0.25, -0.2) is 4.39 Å². The molecule has 2 aromatic carbocycles. The molecule has 150 valence electrons. The van der Waals surface area contributed by atoms with E-state index in [1.165, 1.54) is 36.0 Å². The number of thioether (sulfide) groups is 1. The molecule has 1 N–H and O–H groups in total. The van der Waals surface area contributed by atoms with E-state index in [0.29, 0.717) is 29.6 Å². The molecule has 0 saturated heterocycles. The molecule has 0 spiro atoms. The molecule has 0 bridgehead atoms. The first kappa shape index (κ1) is 22.0. The van der Waals surface area contributed by atoms with Gasteiger partial charge in [0.1, 0.15) is 18.2 Å². The molecule has 2 aromatic rings. The van der Waals surface area contributed by atoms with Crippen LogP contribution in [0.4, 0.5) is 10.1 Å². The lowest BCUT2D eigenvalue weighted by atomic mass is 10.3.